The van der Waals surface area contributed by atoms with Gasteiger partial charge in [-0.25, -0.2) is 4.57 Å². The minimum atomic E-state index is -4.47. The maximum atomic E-state index is 13.5. The molecule has 75 heavy (non-hydrogen) atoms. The van der Waals surface area contributed by atoms with Gasteiger partial charge in [-0.1, -0.05) is 234 Å². The third-order valence-electron chi connectivity index (χ3n) is 13.0. The van der Waals surface area contributed by atoms with E-state index >= 15 is 0 Å². The standard InChI is InChI=1S/C65H115N2O7P/c1-7-10-13-16-19-22-25-27-29-31-32-33-34-36-38-40-43-46-49-52-55-58-65(69)74-63(56-53-50-47-44-41-24-21-18-15-12-9-3)62(61-73-75(70,71)72-60-59-67(4,5)6)66-64(68)57-54-51-48-45-42-39-37-35-30-28-26-23-20-17-14-11-8-2/h11,14,19-20,22-23,27-30,37,39,45,48,53,56,62-63H,7-10,12-13,15-18,21,24-26,31-36,38,40-44,46-47,49-52,54-55,57-61H2,1-6H3,(H-,66,68,70,71)/p+1/b14-11-,22-19-,23-20-,29-27-,30-28-,39-37-,48-45-,56-53+. The summed E-state index contributed by atoms with van der Waals surface area (Å²) in [5, 5.41) is 3.01. The number of likely N-dealkylation sites (N-methyl/N-ethyl adjacent to an activating group) is 1. The fourth-order valence-corrected chi connectivity index (χ4v) is 9.04. The van der Waals surface area contributed by atoms with Gasteiger partial charge in [0, 0.05) is 12.8 Å². The maximum Gasteiger partial charge on any atom is 0.472 e. The van der Waals surface area contributed by atoms with Gasteiger partial charge in [-0.05, 0) is 102 Å². The first kappa shape index (κ1) is 71.9. The highest BCUT2D eigenvalue weighted by Crippen LogP contribution is 2.43. The highest BCUT2D eigenvalue weighted by molar-refractivity contribution is 7.47. The second-order valence-corrected chi connectivity index (χ2v) is 22.9. The van der Waals surface area contributed by atoms with Crippen LogP contribution in [-0.2, 0) is 27.9 Å². The van der Waals surface area contributed by atoms with Crippen LogP contribution in [-0.4, -0.2) is 74.3 Å². The second kappa shape index (κ2) is 54.3. The molecule has 0 aromatic carbocycles. The molecular weight excluding hydrogens is 952 g/mol. The molecule has 0 aromatic rings. The van der Waals surface area contributed by atoms with Crippen molar-refractivity contribution in [1.29, 1.82) is 0 Å². The van der Waals surface area contributed by atoms with Crippen LogP contribution in [0.5, 0.6) is 0 Å². The van der Waals surface area contributed by atoms with Crippen LogP contribution < -0.4 is 5.32 Å². The van der Waals surface area contributed by atoms with Crippen LogP contribution in [0.3, 0.4) is 0 Å². The summed E-state index contributed by atoms with van der Waals surface area (Å²) in [7, 11) is 1.45. The monoisotopic (exact) mass is 1070 g/mol. The molecule has 0 heterocycles. The summed E-state index contributed by atoms with van der Waals surface area (Å²) in [5.41, 5.74) is 0. The normalized spacial score (nSPS) is 14.4. The van der Waals surface area contributed by atoms with Crippen LogP contribution in [0.15, 0.2) is 97.2 Å². The lowest BCUT2D eigenvalue weighted by molar-refractivity contribution is -0.870. The molecule has 0 aliphatic carbocycles. The third kappa shape index (κ3) is 55.5. The number of amides is 1. The molecular formula is C65H116N2O7P+. The summed E-state index contributed by atoms with van der Waals surface area (Å²) >= 11 is 0. The van der Waals surface area contributed by atoms with E-state index in [0.29, 0.717) is 17.4 Å². The fourth-order valence-electron chi connectivity index (χ4n) is 8.30. The molecule has 0 saturated heterocycles. The van der Waals surface area contributed by atoms with Gasteiger partial charge in [-0.3, -0.25) is 18.6 Å². The number of carbonyl (C=O) groups is 2. The zero-order valence-corrected chi connectivity index (χ0v) is 50.2. The number of hydrogen-bond acceptors (Lipinski definition) is 6. The summed E-state index contributed by atoms with van der Waals surface area (Å²) in [5.74, 6) is -0.579. The molecule has 0 fully saturated rings. The zero-order chi connectivity index (χ0) is 55.0. The molecule has 0 aromatic heterocycles. The van der Waals surface area contributed by atoms with Crippen molar-refractivity contribution in [3.63, 3.8) is 0 Å². The highest BCUT2D eigenvalue weighted by Gasteiger charge is 2.30. The van der Waals surface area contributed by atoms with E-state index in [1.807, 2.05) is 33.3 Å². The largest absolute Gasteiger partial charge is 0.472 e. The van der Waals surface area contributed by atoms with Gasteiger partial charge in [0.1, 0.15) is 19.3 Å². The number of nitrogens with one attached hydrogen (secondary N) is 1. The molecule has 0 bridgehead atoms. The Labute approximate surface area is 462 Å². The van der Waals surface area contributed by atoms with Crippen LogP contribution in [0.4, 0.5) is 0 Å². The number of esters is 1. The van der Waals surface area contributed by atoms with E-state index in [1.54, 1.807) is 0 Å². The van der Waals surface area contributed by atoms with E-state index in [1.165, 1.54) is 128 Å². The van der Waals surface area contributed by atoms with E-state index in [0.717, 1.165) is 83.5 Å². The highest BCUT2D eigenvalue weighted by atomic mass is 31.2. The van der Waals surface area contributed by atoms with Crippen molar-refractivity contribution in [1.82, 2.24) is 5.32 Å². The zero-order valence-electron chi connectivity index (χ0n) is 49.3. The first-order valence-electron chi connectivity index (χ1n) is 30.6. The number of phosphoric acid groups is 1. The van der Waals surface area contributed by atoms with E-state index < -0.39 is 20.0 Å². The van der Waals surface area contributed by atoms with E-state index in [9.17, 15) is 19.0 Å². The average Bonchev–Trinajstić information content (AvgIpc) is 3.37. The second-order valence-electron chi connectivity index (χ2n) is 21.5. The Morgan fingerprint density at radius 3 is 1.33 bits per heavy atom. The summed E-state index contributed by atoms with van der Waals surface area (Å²) in [6.07, 6.45) is 72.7. The number of nitrogens with zero attached hydrogens (tertiary/aromatic N) is 1. The number of hydrogen-bond donors (Lipinski definition) is 2. The first-order chi connectivity index (χ1) is 36.4. The molecule has 0 radical (unpaired) electrons. The van der Waals surface area contributed by atoms with Gasteiger partial charge in [0.15, 0.2) is 0 Å². The van der Waals surface area contributed by atoms with Crippen molar-refractivity contribution in [2.45, 2.75) is 264 Å². The molecule has 1 amide bonds. The Kier molecular flexibility index (Phi) is 52.1. The third-order valence-corrected chi connectivity index (χ3v) is 14.0. The van der Waals surface area contributed by atoms with Crippen molar-refractivity contribution in [3.05, 3.63) is 97.2 Å². The van der Waals surface area contributed by atoms with E-state index in [-0.39, 0.29) is 37.9 Å². The fraction of sp³-hybridized carbons (Fsp3) is 0.723. The minimum absolute atomic E-state index is 0.0252. The van der Waals surface area contributed by atoms with Crippen LogP contribution in [0, 0.1) is 0 Å². The molecule has 3 atom stereocenters. The van der Waals surface area contributed by atoms with Gasteiger partial charge in [0.05, 0.1) is 33.8 Å². The Balaban J connectivity index is 5.29. The van der Waals surface area contributed by atoms with Crippen molar-refractivity contribution < 1.29 is 37.3 Å². The van der Waals surface area contributed by atoms with Crippen molar-refractivity contribution in [3.8, 4) is 0 Å². The number of carbonyl (C=O) groups excluding carboxylic acids is 2. The summed E-state index contributed by atoms with van der Waals surface area (Å²) in [6, 6.07) is -0.883. The number of quaternary nitrogens is 1. The lowest BCUT2D eigenvalue weighted by Gasteiger charge is -2.27. The predicted molar refractivity (Wildman–Crippen MR) is 323 cm³/mol. The summed E-state index contributed by atoms with van der Waals surface area (Å²) < 4.78 is 30.6. The number of phosphoric ester groups is 1. The van der Waals surface area contributed by atoms with Crippen LogP contribution in [0.25, 0.3) is 0 Å². The van der Waals surface area contributed by atoms with E-state index in [4.69, 9.17) is 13.8 Å². The van der Waals surface area contributed by atoms with Gasteiger partial charge in [-0.2, -0.15) is 0 Å². The minimum Gasteiger partial charge on any atom is -0.456 e. The van der Waals surface area contributed by atoms with Gasteiger partial charge < -0.3 is 19.4 Å². The van der Waals surface area contributed by atoms with Crippen molar-refractivity contribution >= 4 is 19.7 Å². The smallest absolute Gasteiger partial charge is 0.456 e. The van der Waals surface area contributed by atoms with Crippen LogP contribution in [0.1, 0.15) is 252 Å². The maximum absolute atomic E-state index is 13.5. The molecule has 0 rings (SSSR count). The molecule has 3 unspecified atom stereocenters. The Bertz CT molecular complexity index is 1610. The molecule has 10 heteroatoms. The molecule has 0 spiro atoms. The predicted octanol–water partition coefficient (Wildman–Crippen LogP) is 18.8. The Morgan fingerprint density at radius 1 is 0.480 bits per heavy atom. The van der Waals surface area contributed by atoms with Gasteiger partial charge in [0.2, 0.25) is 5.91 Å². The molecule has 0 saturated carbocycles. The number of unbranched alkanes of at least 4 members (excludes halogenated alkanes) is 24. The lowest BCUT2D eigenvalue weighted by atomic mass is 10.0. The molecule has 0 aliphatic rings. The number of rotatable bonds is 54. The first-order valence-corrected chi connectivity index (χ1v) is 32.1. The van der Waals surface area contributed by atoms with Crippen LogP contribution >= 0.6 is 7.82 Å². The Hall–Kier alpha value is -3.07. The molecule has 0 aliphatic heterocycles. The van der Waals surface area contributed by atoms with Gasteiger partial charge in [-0.15, -0.1) is 0 Å². The number of allylic oxidation sites excluding steroid dienone is 15. The molecule has 2 N–H and O–H groups in total. The van der Waals surface area contributed by atoms with Gasteiger partial charge >= 0.3 is 13.8 Å². The van der Waals surface area contributed by atoms with Crippen molar-refractivity contribution in [2.75, 3.05) is 40.9 Å². The van der Waals surface area contributed by atoms with Crippen LogP contribution in [0.2, 0.25) is 0 Å². The average molecular weight is 1070 g/mol. The lowest BCUT2D eigenvalue weighted by Crippen LogP contribution is -2.47. The molecule has 9 nitrogen and oxygen atoms in total. The topological polar surface area (TPSA) is 111 Å². The SMILES string of the molecule is CC/C=C\C/C=C\C/C=C\C/C=C\C/C=C\CCCC(=O)NC(COP(=O)(O)OCC[N+](C)(C)C)C(/C=C/CCCCCCCCCCC)OC(=O)CCCCCCCCCCCCC/C=C\C/C=C\CCCCC. The summed E-state index contributed by atoms with van der Waals surface area (Å²) in [6.45, 7) is 6.82. The quantitative estimate of drug-likeness (QED) is 0.0205. The summed E-state index contributed by atoms with van der Waals surface area (Å²) in [4.78, 5) is 37.6. The molecule has 432 valence electrons. The van der Waals surface area contributed by atoms with Gasteiger partial charge in [0.25, 0.3) is 0 Å². The Morgan fingerprint density at radius 2 is 0.867 bits per heavy atom. The van der Waals surface area contributed by atoms with Crippen molar-refractivity contribution in [2.24, 2.45) is 0 Å². The van der Waals surface area contributed by atoms with E-state index in [2.05, 4.69) is 111 Å². The number of ether oxygens (including phenoxy) is 1.